The van der Waals surface area contributed by atoms with Crippen molar-refractivity contribution >= 4 is 16.4 Å². The van der Waals surface area contributed by atoms with Gasteiger partial charge in [0.1, 0.15) is 18.2 Å². The fourth-order valence-corrected chi connectivity index (χ4v) is 2.97. The Morgan fingerprint density at radius 3 is 2.74 bits per heavy atom. The second-order valence-electron chi connectivity index (χ2n) is 6.20. The van der Waals surface area contributed by atoms with Crippen molar-refractivity contribution in [2.75, 3.05) is 0 Å². The number of benzene rings is 1. The molecular formula is C18H15N7O2. The summed E-state index contributed by atoms with van der Waals surface area (Å²) < 4.78 is 12.8. The number of fused-ring (bicyclic) bond motifs is 3. The summed E-state index contributed by atoms with van der Waals surface area (Å²) in [6.45, 7) is 4.02. The number of hydrogen-bond acceptors (Lipinski definition) is 7. The van der Waals surface area contributed by atoms with E-state index in [1.54, 1.807) is 10.6 Å². The van der Waals surface area contributed by atoms with E-state index in [0.717, 1.165) is 22.3 Å². The average Bonchev–Trinajstić information content (AvgIpc) is 3.39. The summed E-state index contributed by atoms with van der Waals surface area (Å²) in [4.78, 5) is 7.41. The van der Waals surface area contributed by atoms with Crippen LogP contribution in [0.4, 0.5) is 0 Å². The van der Waals surface area contributed by atoms with Crippen molar-refractivity contribution in [2.45, 2.75) is 20.5 Å². The molecule has 0 unspecified atom stereocenters. The summed E-state index contributed by atoms with van der Waals surface area (Å²) in [7, 11) is 0. The first-order valence-electron chi connectivity index (χ1n) is 8.40. The fourth-order valence-electron chi connectivity index (χ4n) is 2.97. The molecule has 0 aliphatic heterocycles. The van der Waals surface area contributed by atoms with E-state index in [2.05, 4.69) is 30.4 Å². The SMILES string of the molecule is Cc1nc(COc2nn3c(-c4cc(C)on4)nnc3c3ccccc23)c[nH]1. The van der Waals surface area contributed by atoms with Crippen LogP contribution in [-0.2, 0) is 6.61 Å². The minimum atomic E-state index is 0.299. The van der Waals surface area contributed by atoms with Crippen LogP contribution >= 0.6 is 0 Å². The van der Waals surface area contributed by atoms with Crippen LogP contribution in [0.3, 0.4) is 0 Å². The summed E-state index contributed by atoms with van der Waals surface area (Å²) in [5, 5.41) is 18.9. The van der Waals surface area contributed by atoms with E-state index >= 15 is 0 Å². The fraction of sp³-hybridized carbons (Fsp3) is 0.167. The van der Waals surface area contributed by atoms with Gasteiger partial charge in [0, 0.05) is 23.0 Å². The van der Waals surface area contributed by atoms with E-state index in [-0.39, 0.29) is 0 Å². The zero-order valence-corrected chi connectivity index (χ0v) is 14.7. The maximum absolute atomic E-state index is 5.98. The third-order valence-corrected chi connectivity index (χ3v) is 4.20. The van der Waals surface area contributed by atoms with Crippen molar-refractivity contribution in [3.05, 3.63) is 53.8 Å². The molecule has 1 N–H and O–H groups in total. The molecule has 9 nitrogen and oxygen atoms in total. The van der Waals surface area contributed by atoms with Gasteiger partial charge in [-0.1, -0.05) is 23.4 Å². The van der Waals surface area contributed by atoms with Gasteiger partial charge in [0.05, 0.1) is 5.69 Å². The van der Waals surface area contributed by atoms with Crippen molar-refractivity contribution < 1.29 is 9.26 Å². The number of nitrogens with zero attached hydrogens (tertiary/aromatic N) is 6. The van der Waals surface area contributed by atoms with Gasteiger partial charge in [-0.05, 0) is 19.9 Å². The zero-order valence-electron chi connectivity index (χ0n) is 14.7. The van der Waals surface area contributed by atoms with Gasteiger partial charge in [0.15, 0.2) is 11.3 Å². The molecular weight excluding hydrogens is 346 g/mol. The molecule has 1 aromatic carbocycles. The number of aromatic amines is 1. The summed E-state index contributed by atoms with van der Waals surface area (Å²) in [5.41, 5.74) is 2.00. The lowest BCUT2D eigenvalue weighted by atomic mass is 10.2. The Morgan fingerprint density at radius 2 is 2.00 bits per heavy atom. The van der Waals surface area contributed by atoms with Gasteiger partial charge >= 0.3 is 0 Å². The highest BCUT2D eigenvalue weighted by Gasteiger charge is 2.18. The molecule has 0 amide bonds. The molecule has 0 bridgehead atoms. The molecule has 4 heterocycles. The normalized spacial score (nSPS) is 11.5. The van der Waals surface area contributed by atoms with E-state index in [1.165, 1.54) is 0 Å². The molecule has 5 rings (SSSR count). The average molecular weight is 361 g/mol. The lowest BCUT2D eigenvalue weighted by molar-refractivity contribution is 0.289. The van der Waals surface area contributed by atoms with Gasteiger partial charge in [-0.25, -0.2) is 4.98 Å². The highest BCUT2D eigenvalue weighted by atomic mass is 16.5. The number of aryl methyl sites for hydroxylation is 2. The second kappa shape index (κ2) is 5.90. The molecule has 9 heteroatoms. The topological polar surface area (TPSA) is 107 Å². The quantitative estimate of drug-likeness (QED) is 0.524. The van der Waals surface area contributed by atoms with Crippen LogP contribution in [0.1, 0.15) is 17.3 Å². The first-order valence-corrected chi connectivity index (χ1v) is 8.40. The van der Waals surface area contributed by atoms with Crippen molar-refractivity contribution in [2.24, 2.45) is 0 Å². The summed E-state index contributed by atoms with van der Waals surface area (Å²) in [6.07, 6.45) is 1.82. The second-order valence-corrected chi connectivity index (χ2v) is 6.20. The van der Waals surface area contributed by atoms with Gasteiger partial charge in [0.2, 0.25) is 11.7 Å². The number of imidazole rings is 1. The summed E-state index contributed by atoms with van der Waals surface area (Å²) in [6, 6.07) is 9.58. The highest BCUT2D eigenvalue weighted by Crippen LogP contribution is 2.29. The molecule has 0 atom stereocenters. The monoisotopic (exact) mass is 361 g/mol. The third kappa shape index (κ3) is 2.60. The van der Waals surface area contributed by atoms with Crippen LogP contribution in [0, 0.1) is 13.8 Å². The molecule has 27 heavy (non-hydrogen) atoms. The Kier molecular flexibility index (Phi) is 3.39. The lowest BCUT2D eigenvalue weighted by Crippen LogP contribution is -2.03. The Labute approximate surface area is 153 Å². The highest BCUT2D eigenvalue weighted by molar-refractivity contribution is 5.96. The van der Waals surface area contributed by atoms with E-state index in [4.69, 9.17) is 9.26 Å². The largest absolute Gasteiger partial charge is 0.470 e. The molecule has 134 valence electrons. The van der Waals surface area contributed by atoms with Gasteiger partial charge in [-0.15, -0.1) is 15.3 Å². The summed E-state index contributed by atoms with van der Waals surface area (Å²) >= 11 is 0. The Bertz CT molecular complexity index is 1270. The van der Waals surface area contributed by atoms with Crippen molar-refractivity contribution in [1.29, 1.82) is 0 Å². The van der Waals surface area contributed by atoms with Crippen molar-refractivity contribution in [3.63, 3.8) is 0 Å². The molecule has 0 saturated heterocycles. The standard InChI is InChI=1S/C18H15N7O2/c1-10-7-15(24-27-10)17-22-21-16-13-5-3-4-6-14(13)18(23-25(16)17)26-9-12-8-19-11(2)20-12/h3-8H,9H2,1-2H3,(H,19,20). The molecule has 0 aliphatic rings. The molecule has 4 aromatic heterocycles. The van der Waals surface area contributed by atoms with Gasteiger partial charge in [-0.3, -0.25) is 0 Å². The van der Waals surface area contributed by atoms with Crippen LogP contribution in [-0.4, -0.2) is 34.9 Å². The van der Waals surface area contributed by atoms with Gasteiger partial charge in [0.25, 0.3) is 0 Å². The lowest BCUT2D eigenvalue weighted by Gasteiger charge is -2.08. The number of aromatic nitrogens is 7. The van der Waals surface area contributed by atoms with E-state index < -0.39 is 0 Å². The Morgan fingerprint density at radius 1 is 1.15 bits per heavy atom. The maximum atomic E-state index is 5.98. The van der Waals surface area contributed by atoms with Gasteiger partial charge < -0.3 is 14.2 Å². The maximum Gasteiger partial charge on any atom is 0.240 e. The summed E-state index contributed by atoms with van der Waals surface area (Å²) in [5.74, 6) is 2.49. The third-order valence-electron chi connectivity index (χ3n) is 4.20. The van der Waals surface area contributed by atoms with E-state index in [9.17, 15) is 0 Å². The van der Waals surface area contributed by atoms with Crippen molar-refractivity contribution in [1.82, 2.24) is 34.9 Å². The van der Waals surface area contributed by atoms with Crippen molar-refractivity contribution in [3.8, 4) is 17.4 Å². The number of hydrogen-bond donors (Lipinski definition) is 1. The Hall–Kier alpha value is -3.75. The smallest absolute Gasteiger partial charge is 0.240 e. The molecule has 0 saturated carbocycles. The minimum absolute atomic E-state index is 0.299. The molecule has 0 aliphatic carbocycles. The number of ether oxygens (including phenoxy) is 1. The molecule has 0 spiro atoms. The first kappa shape index (κ1) is 15.5. The molecule has 0 fully saturated rings. The van der Waals surface area contributed by atoms with Gasteiger partial charge in [-0.2, -0.15) is 4.52 Å². The van der Waals surface area contributed by atoms with Crippen LogP contribution in [0.25, 0.3) is 27.9 Å². The predicted octanol–water partition coefficient (Wildman–Crippen LogP) is 2.85. The molecule has 5 aromatic rings. The van der Waals surface area contributed by atoms with Crippen LogP contribution in [0.15, 0.2) is 41.1 Å². The van der Waals surface area contributed by atoms with E-state index in [0.29, 0.717) is 35.4 Å². The number of rotatable bonds is 4. The number of H-pyrrole nitrogens is 1. The van der Waals surface area contributed by atoms with Crippen LogP contribution < -0.4 is 4.74 Å². The van der Waals surface area contributed by atoms with Crippen LogP contribution in [0.2, 0.25) is 0 Å². The molecule has 0 radical (unpaired) electrons. The van der Waals surface area contributed by atoms with Crippen LogP contribution in [0.5, 0.6) is 5.88 Å². The predicted molar refractivity (Wildman–Crippen MR) is 96.2 cm³/mol. The minimum Gasteiger partial charge on any atom is -0.470 e. The van der Waals surface area contributed by atoms with E-state index in [1.807, 2.05) is 44.3 Å². The first-order chi connectivity index (χ1) is 13.2. The number of nitrogens with one attached hydrogen (secondary N) is 1. The Balaban J connectivity index is 1.66. The zero-order chi connectivity index (χ0) is 18.4.